The summed E-state index contributed by atoms with van der Waals surface area (Å²) in [5.41, 5.74) is 7.22. The van der Waals surface area contributed by atoms with E-state index in [-0.39, 0.29) is 11.8 Å². The maximum absolute atomic E-state index is 13.3. The maximum atomic E-state index is 13.3. The van der Waals surface area contributed by atoms with Crippen molar-refractivity contribution in [3.8, 4) is 5.88 Å². The van der Waals surface area contributed by atoms with Gasteiger partial charge in [-0.3, -0.25) is 4.79 Å². The number of carbonyl (C=O) groups excluding carboxylic acids is 1. The van der Waals surface area contributed by atoms with E-state index >= 15 is 0 Å². The molecule has 0 unspecified atom stereocenters. The first kappa shape index (κ1) is 26.0. The lowest BCUT2D eigenvalue weighted by Crippen LogP contribution is -2.42. The number of aromatic nitrogens is 3. The molecule has 1 aromatic carbocycles. The monoisotopic (exact) mass is 541 g/mol. The van der Waals surface area contributed by atoms with E-state index in [2.05, 4.69) is 20.4 Å². The molecule has 4 heterocycles. The van der Waals surface area contributed by atoms with Gasteiger partial charge in [0.05, 0.1) is 16.6 Å². The van der Waals surface area contributed by atoms with Crippen LogP contribution in [0.5, 0.6) is 5.88 Å². The Morgan fingerprint density at radius 2 is 1.95 bits per heavy atom. The van der Waals surface area contributed by atoms with Crippen LogP contribution in [0.4, 0.5) is 24.7 Å². The number of carbonyl (C=O) groups is 1. The molecule has 4 aromatic rings. The van der Waals surface area contributed by atoms with E-state index in [1.165, 1.54) is 17.4 Å². The zero-order chi connectivity index (χ0) is 27.7. The van der Waals surface area contributed by atoms with Crippen molar-refractivity contribution in [1.82, 2.24) is 19.4 Å². The number of hydrazone groups is 1. The smallest absolute Gasteiger partial charge is 0.422 e. The van der Waals surface area contributed by atoms with Crippen LogP contribution in [-0.4, -0.2) is 63.6 Å². The summed E-state index contributed by atoms with van der Waals surface area (Å²) in [7, 11) is 0. The standard InChI is InChI=1S/C25H26F3N9O2/c1-15(29)34-37(30)17-3-2-16-4-6-31-22(18(16)12-17)32-8-9-35-10-11-36-20-5-7-33-23(39-14-25(26,27)28)19(20)13-21(36)24(35)38/h2-7,12-13H,8-11,14,30H2,1H3,(H2,29,34)(H,31,32). The quantitative estimate of drug-likeness (QED) is 0.134. The number of fused-ring (bicyclic) bond motifs is 4. The van der Waals surface area contributed by atoms with Gasteiger partial charge in [0.25, 0.3) is 5.91 Å². The van der Waals surface area contributed by atoms with Crippen LogP contribution < -0.4 is 26.7 Å². The number of ether oxygens (including phenoxy) is 1. The van der Waals surface area contributed by atoms with Gasteiger partial charge in [-0.1, -0.05) is 6.07 Å². The van der Waals surface area contributed by atoms with E-state index in [0.29, 0.717) is 60.1 Å². The number of amidine groups is 1. The lowest BCUT2D eigenvalue weighted by atomic mass is 10.1. The number of nitrogens with two attached hydrogens (primary N) is 2. The lowest BCUT2D eigenvalue weighted by molar-refractivity contribution is -0.153. The molecule has 3 aromatic heterocycles. The normalized spacial score (nSPS) is 14.1. The van der Waals surface area contributed by atoms with E-state index in [4.69, 9.17) is 16.3 Å². The van der Waals surface area contributed by atoms with Crippen LogP contribution in [-0.2, 0) is 6.54 Å². The molecule has 204 valence electrons. The van der Waals surface area contributed by atoms with Crippen molar-refractivity contribution in [2.45, 2.75) is 19.6 Å². The first-order valence-corrected chi connectivity index (χ1v) is 12.1. The summed E-state index contributed by atoms with van der Waals surface area (Å²) in [6, 6.07) is 10.6. The summed E-state index contributed by atoms with van der Waals surface area (Å²) in [5.74, 6) is 6.52. The summed E-state index contributed by atoms with van der Waals surface area (Å²) < 4.78 is 44.7. The fraction of sp³-hybridized carbons (Fsp3) is 0.280. The molecule has 39 heavy (non-hydrogen) atoms. The lowest BCUT2D eigenvalue weighted by Gasteiger charge is -2.29. The van der Waals surface area contributed by atoms with Crippen molar-refractivity contribution in [2.75, 3.05) is 36.7 Å². The molecule has 0 saturated carbocycles. The van der Waals surface area contributed by atoms with Crippen LogP contribution >= 0.6 is 0 Å². The number of anilines is 2. The number of halogens is 3. The molecule has 14 heteroatoms. The number of amides is 1. The number of nitrogens with zero attached hydrogens (tertiary/aromatic N) is 6. The highest BCUT2D eigenvalue weighted by Gasteiger charge is 2.31. The fourth-order valence-electron chi connectivity index (χ4n) is 4.52. The number of hydrazine groups is 1. The van der Waals surface area contributed by atoms with Gasteiger partial charge >= 0.3 is 6.18 Å². The minimum Gasteiger partial charge on any atom is -0.468 e. The van der Waals surface area contributed by atoms with Crippen molar-refractivity contribution in [3.05, 3.63) is 54.5 Å². The van der Waals surface area contributed by atoms with Crippen LogP contribution in [0.3, 0.4) is 0 Å². The molecule has 1 aliphatic rings. The number of nitrogens with one attached hydrogen (secondary N) is 1. The average Bonchev–Trinajstić information content (AvgIpc) is 3.28. The Balaban J connectivity index is 1.30. The molecule has 1 amide bonds. The van der Waals surface area contributed by atoms with Gasteiger partial charge in [-0.05, 0) is 42.6 Å². The number of alkyl halides is 3. The molecule has 5 rings (SSSR count). The molecule has 0 fully saturated rings. The summed E-state index contributed by atoms with van der Waals surface area (Å²) >= 11 is 0. The zero-order valence-electron chi connectivity index (χ0n) is 20.9. The summed E-state index contributed by atoms with van der Waals surface area (Å²) in [6.45, 7) is 1.89. The molecule has 0 radical (unpaired) electrons. The van der Waals surface area contributed by atoms with Crippen molar-refractivity contribution >= 4 is 44.9 Å². The highest BCUT2D eigenvalue weighted by Crippen LogP contribution is 2.31. The number of benzene rings is 1. The van der Waals surface area contributed by atoms with E-state index in [1.807, 2.05) is 24.3 Å². The van der Waals surface area contributed by atoms with Crippen LogP contribution in [0.2, 0.25) is 0 Å². The Kier molecular flexibility index (Phi) is 6.87. The Labute approximate surface area is 220 Å². The van der Waals surface area contributed by atoms with Gasteiger partial charge in [0.15, 0.2) is 6.61 Å². The average molecular weight is 542 g/mol. The van der Waals surface area contributed by atoms with E-state index in [0.717, 1.165) is 10.8 Å². The third-order valence-electron chi connectivity index (χ3n) is 6.22. The summed E-state index contributed by atoms with van der Waals surface area (Å²) in [5, 5.41) is 10.6. The molecule has 0 aliphatic carbocycles. The molecule has 0 spiro atoms. The Hall–Kier alpha value is -4.59. The Morgan fingerprint density at radius 3 is 2.72 bits per heavy atom. The van der Waals surface area contributed by atoms with Crippen LogP contribution in [0.1, 0.15) is 17.4 Å². The number of hydrogen-bond donors (Lipinski definition) is 3. The third kappa shape index (κ3) is 5.50. The molecular formula is C25H26F3N9O2. The predicted octanol–water partition coefficient (Wildman–Crippen LogP) is 3.07. The number of hydrogen-bond acceptors (Lipinski definition) is 8. The largest absolute Gasteiger partial charge is 0.468 e. The first-order valence-electron chi connectivity index (χ1n) is 12.1. The van der Waals surface area contributed by atoms with Crippen LogP contribution in [0.25, 0.3) is 21.7 Å². The Bertz CT molecular complexity index is 1560. The van der Waals surface area contributed by atoms with Gasteiger partial charge in [-0.2, -0.15) is 18.3 Å². The molecule has 0 saturated heterocycles. The molecule has 0 bridgehead atoms. The second kappa shape index (κ2) is 10.3. The molecule has 0 atom stereocenters. The van der Waals surface area contributed by atoms with Crippen molar-refractivity contribution in [2.24, 2.45) is 16.7 Å². The fourth-order valence-corrected chi connectivity index (χ4v) is 4.52. The topological polar surface area (TPSA) is 140 Å². The first-order chi connectivity index (χ1) is 18.6. The van der Waals surface area contributed by atoms with Crippen molar-refractivity contribution < 1.29 is 22.7 Å². The van der Waals surface area contributed by atoms with Gasteiger partial charge in [-0.25, -0.2) is 15.8 Å². The summed E-state index contributed by atoms with van der Waals surface area (Å²) in [4.78, 5) is 23.3. The number of pyridine rings is 2. The van der Waals surface area contributed by atoms with Crippen LogP contribution in [0.15, 0.2) is 53.9 Å². The minimum absolute atomic E-state index is 0.155. The maximum Gasteiger partial charge on any atom is 0.422 e. The highest BCUT2D eigenvalue weighted by molar-refractivity contribution is 6.00. The van der Waals surface area contributed by atoms with E-state index in [1.54, 1.807) is 28.7 Å². The molecule has 11 nitrogen and oxygen atoms in total. The van der Waals surface area contributed by atoms with Crippen LogP contribution in [0, 0.1) is 0 Å². The van der Waals surface area contributed by atoms with Crippen molar-refractivity contribution in [1.29, 1.82) is 0 Å². The second-order valence-electron chi connectivity index (χ2n) is 9.00. The van der Waals surface area contributed by atoms with Gasteiger partial charge in [-0.15, -0.1) is 5.10 Å². The molecule has 5 N–H and O–H groups in total. The SMILES string of the molecule is C/C(N)=N/N(N)c1ccc2ccnc(NCCN3CCn4c(cc5c(OCC(F)(F)F)nccc54)C3=O)c2c1. The van der Waals surface area contributed by atoms with Gasteiger partial charge in [0, 0.05) is 44.0 Å². The molecular weight excluding hydrogens is 515 g/mol. The second-order valence-corrected chi connectivity index (χ2v) is 9.00. The highest BCUT2D eigenvalue weighted by atomic mass is 19.4. The third-order valence-corrected chi connectivity index (χ3v) is 6.22. The minimum atomic E-state index is -4.50. The number of rotatable bonds is 8. The Morgan fingerprint density at radius 1 is 1.15 bits per heavy atom. The molecule has 1 aliphatic heterocycles. The zero-order valence-corrected chi connectivity index (χ0v) is 20.9. The van der Waals surface area contributed by atoms with E-state index < -0.39 is 12.8 Å². The van der Waals surface area contributed by atoms with Crippen molar-refractivity contribution in [3.63, 3.8) is 0 Å². The van der Waals surface area contributed by atoms with Gasteiger partial charge < -0.3 is 25.3 Å². The van der Waals surface area contributed by atoms with Gasteiger partial charge in [0.2, 0.25) is 5.88 Å². The van der Waals surface area contributed by atoms with Gasteiger partial charge in [0.1, 0.15) is 17.3 Å². The predicted molar refractivity (Wildman–Crippen MR) is 141 cm³/mol. The van der Waals surface area contributed by atoms with E-state index in [9.17, 15) is 18.0 Å². The summed E-state index contributed by atoms with van der Waals surface area (Å²) in [6.07, 6.45) is -1.44.